The van der Waals surface area contributed by atoms with Gasteiger partial charge in [-0.3, -0.25) is 4.99 Å². The van der Waals surface area contributed by atoms with Gasteiger partial charge in [0.1, 0.15) is 14.8 Å². The number of aliphatic imine (C=N–C) groups is 1. The number of rotatable bonds is 6. The minimum Gasteiger partial charge on any atom is -0.354 e. The first-order valence-electron chi connectivity index (χ1n) is 6.36. The van der Waals surface area contributed by atoms with Crippen LogP contribution in [-0.4, -0.2) is 44.5 Å². The number of hydrogen-bond donors (Lipinski definition) is 2. The Bertz CT molecular complexity index is 557. The van der Waals surface area contributed by atoms with Crippen LogP contribution in [0.4, 0.5) is 0 Å². The van der Waals surface area contributed by atoms with Crippen LogP contribution in [0.3, 0.4) is 0 Å². The van der Waals surface area contributed by atoms with Gasteiger partial charge in [0, 0.05) is 30.4 Å². The number of nitrogens with zero attached hydrogens (tertiary/aromatic N) is 2. The van der Waals surface area contributed by atoms with Gasteiger partial charge < -0.3 is 10.6 Å². The fourth-order valence-electron chi connectivity index (χ4n) is 1.53. The molecule has 2 N–H and O–H groups in total. The van der Waals surface area contributed by atoms with Crippen LogP contribution in [0, 0.1) is 6.92 Å². The summed E-state index contributed by atoms with van der Waals surface area (Å²) in [5.41, 5.74) is 0. The number of halogens is 1. The summed E-state index contributed by atoms with van der Waals surface area (Å²) in [6.07, 6.45) is 3.64. The van der Waals surface area contributed by atoms with Gasteiger partial charge >= 0.3 is 0 Å². The van der Waals surface area contributed by atoms with Gasteiger partial charge in [-0.15, -0.1) is 35.3 Å². The largest absolute Gasteiger partial charge is 0.354 e. The maximum atomic E-state index is 11.1. The Morgan fingerprint density at radius 3 is 2.67 bits per heavy atom. The maximum Gasteiger partial charge on any atom is 0.191 e. The van der Waals surface area contributed by atoms with Crippen LogP contribution in [0.15, 0.2) is 11.2 Å². The summed E-state index contributed by atoms with van der Waals surface area (Å²) >= 11 is 1.64. The molecule has 0 amide bonds. The van der Waals surface area contributed by atoms with Gasteiger partial charge in [0.15, 0.2) is 5.96 Å². The maximum absolute atomic E-state index is 11.1. The molecule has 1 heterocycles. The monoisotopic (exact) mass is 446 g/mol. The van der Waals surface area contributed by atoms with Crippen LogP contribution in [0.25, 0.3) is 0 Å². The van der Waals surface area contributed by atoms with Gasteiger partial charge in [0.25, 0.3) is 0 Å². The van der Waals surface area contributed by atoms with Crippen molar-refractivity contribution in [3.63, 3.8) is 0 Å². The molecule has 0 spiro atoms. The second kappa shape index (κ2) is 9.57. The van der Waals surface area contributed by atoms with Gasteiger partial charge in [-0.05, 0) is 20.3 Å². The minimum atomic E-state index is -2.92. The molecule has 0 bridgehead atoms. The van der Waals surface area contributed by atoms with Crippen molar-refractivity contribution in [2.45, 2.75) is 32.9 Å². The predicted molar refractivity (Wildman–Crippen MR) is 99.4 cm³/mol. The molecule has 0 aliphatic heterocycles. The normalized spacial score (nSPS) is 13.4. The molecule has 1 aromatic heterocycles. The molecule has 0 radical (unpaired) electrons. The molecule has 0 aliphatic rings. The molecular weight excluding hydrogens is 423 g/mol. The molecule has 1 unspecified atom stereocenters. The number of aryl methyl sites for hydroxylation is 1. The molecular formula is C12H23IN4O2S2. The summed E-state index contributed by atoms with van der Waals surface area (Å²) in [5.74, 6) is 0.822. The first-order valence-corrected chi connectivity index (χ1v) is 9.24. The van der Waals surface area contributed by atoms with Crippen molar-refractivity contribution in [2.24, 2.45) is 4.99 Å². The lowest BCUT2D eigenvalue weighted by Crippen LogP contribution is -2.42. The lowest BCUT2D eigenvalue weighted by Gasteiger charge is -2.17. The second-order valence-corrected chi connectivity index (χ2v) is 8.33. The van der Waals surface area contributed by atoms with Crippen LogP contribution in [0.5, 0.6) is 0 Å². The van der Waals surface area contributed by atoms with E-state index in [-0.39, 0.29) is 35.8 Å². The zero-order valence-electron chi connectivity index (χ0n) is 12.7. The van der Waals surface area contributed by atoms with E-state index in [1.165, 1.54) is 11.1 Å². The number of nitrogens with one attached hydrogen (secondary N) is 2. The van der Waals surface area contributed by atoms with E-state index in [0.717, 1.165) is 5.01 Å². The van der Waals surface area contributed by atoms with E-state index in [1.54, 1.807) is 18.4 Å². The summed E-state index contributed by atoms with van der Waals surface area (Å²) < 4.78 is 22.2. The average Bonchev–Trinajstić information content (AvgIpc) is 2.77. The van der Waals surface area contributed by atoms with Gasteiger partial charge in [0.05, 0.1) is 12.3 Å². The zero-order chi connectivity index (χ0) is 15.2. The molecule has 9 heteroatoms. The Kier molecular flexibility index (Phi) is 9.38. The number of hydrogen-bond acceptors (Lipinski definition) is 5. The molecule has 0 fully saturated rings. The Labute approximate surface area is 147 Å². The molecule has 1 atom stereocenters. The first-order chi connectivity index (χ1) is 9.30. The van der Waals surface area contributed by atoms with Crippen molar-refractivity contribution in [3.8, 4) is 0 Å². The molecule has 0 aliphatic carbocycles. The van der Waals surface area contributed by atoms with Crippen LogP contribution < -0.4 is 10.6 Å². The number of sulfone groups is 1. The molecule has 0 saturated heterocycles. The molecule has 0 saturated carbocycles. The Morgan fingerprint density at radius 2 is 2.19 bits per heavy atom. The Morgan fingerprint density at radius 1 is 1.52 bits per heavy atom. The third kappa shape index (κ3) is 9.25. The summed E-state index contributed by atoms with van der Waals surface area (Å²) in [4.78, 5) is 9.55. The number of thiazole rings is 1. The van der Waals surface area contributed by atoms with E-state index < -0.39 is 9.84 Å². The third-order valence-corrected chi connectivity index (χ3v) is 4.49. The minimum absolute atomic E-state index is 0. The van der Waals surface area contributed by atoms with E-state index in [1.807, 2.05) is 20.0 Å². The summed E-state index contributed by atoms with van der Waals surface area (Å²) in [6, 6.07) is 0.0361. The highest BCUT2D eigenvalue weighted by atomic mass is 127. The van der Waals surface area contributed by atoms with E-state index in [0.29, 0.717) is 18.9 Å². The lowest BCUT2D eigenvalue weighted by molar-refractivity contribution is 0.581. The summed E-state index contributed by atoms with van der Waals surface area (Å²) in [6.45, 7) is 4.56. The topological polar surface area (TPSA) is 83.4 Å². The second-order valence-electron chi connectivity index (χ2n) is 4.75. The average molecular weight is 446 g/mol. The van der Waals surface area contributed by atoms with E-state index in [9.17, 15) is 8.42 Å². The van der Waals surface area contributed by atoms with Crippen LogP contribution >= 0.6 is 35.3 Å². The standard InChI is InChI=1S/C12H22N4O2S2.HI/c1-9(5-6-20(4,17)18)16-12(13-3)15-8-11-14-7-10(2)19-11;/h7,9H,5-6,8H2,1-4H3,(H2,13,15,16);1H. The van der Waals surface area contributed by atoms with Crippen molar-refractivity contribution in [1.29, 1.82) is 0 Å². The van der Waals surface area contributed by atoms with Crippen molar-refractivity contribution >= 4 is 51.1 Å². The highest BCUT2D eigenvalue weighted by Gasteiger charge is 2.09. The molecule has 0 aromatic carbocycles. The first kappa shape index (κ1) is 20.6. The van der Waals surface area contributed by atoms with Crippen LogP contribution in [0.1, 0.15) is 23.2 Å². The number of aromatic nitrogens is 1. The fourth-order valence-corrected chi connectivity index (χ4v) is 3.04. The van der Waals surface area contributed by atoms with Gasteiger partial charge in [0.2, 0.25) is 0 Å². The molecule has 21 heavy (non-hydrogen) atoms. The van der Waals surface area contributed by atoms with Crippen LogP contribution in [-0.2, 0) is 16.4 Å². The SMILES string of the molecule is CN=C(NCc1ncc(C)s1)NC(C)CCS(C)(=O)=O.I. The van der Waals surface area contributed by atoms with Crippen molar-refractivity contribution in [1.82, 2.24) is 15.6 Å². The highest BCUT2D eigenvalue weighted by molar-refractivity contribution is 14.0. The summed E-state index contributed by atoms with van der Waals surface area (Å²) in [5, 5.41) is 7.33. The van der Waals surface area contributed by atoms with Crippen LogP contribution in [0.2, 0.25) is 0 Å². The zero-order valence-corrected chi connectivity index (χ0v) is 16.7. The smallest absolute Gasteiger partial charge is 0.191 e. The number of guanidine groups is 1. The fraction of sp³-hybridized carbons (Fsp3) is 0.667. The highest BCUT2D eigenvalue weighted by Crippen LogP contribution is 2.10. The quantitative estimate of drug-likeness (QED) is 0.394. The van der Waals surface area contributed by atoms with Crippen molar-refractivity contribution in [3.05, 3.63) is 16.1 Å². The Hall–Kier alpha value is -0.420. The molecule has 122 valence electrons. The molecule has 1 rings (SSSR count). The third-order valence-electron chi connectivity index (χ3n) is 2.60. The molecule has 1 aromatic rings. The van der Waals surface area contributed by atoms with Gasteiger partial charge in [-0.2, -0.15) is 0 Å². The van der Waals surface area contributed by atoms with E-state index in [4.69, 9.17) is 0 Å². The Balaban J connectivity index is 0.00000400. The van der Waals surface area contributed by atoms with Gasteiger partial charge in [-0.25, -0.2) is 13.4 Å². The summed E-state index contributed by atoms with van der Waals surface area (Å²) in [7, 11) is -1.24. The predicted octanol–water partition coefficient (Wildman–Crippen LogP) is 1.56. The molecule has 6 nitrogen and oxygen atoms in total. The van der Waals surface area contributed by atoms with E-state index in [2.05, 4.69) is 20.6 Å². The van der Waals surface area contributed by atoms with Gasteiger partial charge in [-0.1, -0.05) is 0 Å². The van der Waals surface area contributed by atoms with Crippen molar-refractivity contribution in [2.75, 3.05) is 19.1 Å². The van der Waals surface area contributed by atoms with Crippen molar-refractivity contribution < 1.29 is 8.42 Å². The van der Waals surface area contributed by atoms with E-state index >= 15 is 0 Å². The lowest BCUT2D eigenvalue weighted by atomic mass is 10.3.